The Morgan fingerprint density at radius 1 is 0.372 bits per heavy atom. The molecular formula is C89H80N4O. The molecule has 0 unspecified atom stereocenters. The Morgan fingerprint density at radius 3 is 1.55 bits per heavy atom. The third-order valence-corrected chi connectivity index (χ3v) is 20.3. The lowest BCUT2D eigenvalue weighted by Gasteiger charge is -2.30. The summed E-state index contributed by atoms with van der Waals surface area (Å²) in [6.45, 7) is 28.3. The van der Waals surface area contributed by atoms with Crippen molar-refractivity contribution in [3.8, 4) is 73.0 Å². The Hall–Kier alpha value is -10.2. The zero-order chi connectivity index (χ0) is 64.8. The van der Waals surface area contributed by atoms with Crippen molar-refractivity contribution >= 4 is 44.6 Å². The highest BCUT2D eigenvalue weighted by Gasteiger charge is 2.52. The van der Waals surface area contributed by atoms with Gasteiger partial charge in [0.2, 0.25) is 0 Å². The van der Waals surface area contributed by atoms with Crippen LogP contribution >= 0.6 is 0 Å². The van der Waals surface area contributed by atoms with Gasteiger partial charge in [0.15, 0.2) is 0 Å². The molecule has 2 aromatic heterocycles. The molecule has 3 aliphatic rings. The quantitative estimate of drug-likeness (QED) is 0.152. The van der Waals surface area contributed by atoms with E-state index in [9.17, 15) is 0 Å². The van der Waals surface area contributed by atoms with Crippen LogP contribution in [-0.2, 0) is 27.1 Å². The third-order valence-electron chi connectivity index (χ3n) is 20.3. The predicted octanol–water partition coefficient (Wildman–Crippen LogP) is 23.8. The van der Waals surface area contributed by atoms with E-state index in [1.807, 2.05) is 0 Å². The lowest BCUT2D eigenvalue weighted by molar-refractivity contribution is 0.483. The first kappa shape index (κ1) is 58.8. The molecule has 0 atom stereocenters. The standard InChI is InChI=1S/C89H80N4O/c1-85(2,3)59-42-40-57(41-43-59)71-54-90-81(53-76(71)88(10,11)12)93-79-47-46-75-82(69-32-18-21-37-74(69)89(75)72-35-19-16-30-67(72)68-31-17-20-36-73(68)89)83(79)70-45-44-64(52-80(70)93)94-63-29-24-28-62(51-63)91-55-92(78-39-23-22-38-77(78)91)84-65(56-26-14-13-15-27-56)33-25-34-66(84)58-48-60(86(4,5)6)50-61(49-58)87(7,8)9/h13-54H,55H2,1-12H3. The van der Waals surface area contributed by atoms with E-state index >= 15 is 0 Å². The van der Waals surface area contributed by atoms with Crippen molar-refractivity contribution in [1.29, 1.82) is 0 Å². The maximum Gasteiger partial charge on any atom is 0.137 e. The normalized spacial score (nSPS) is 14.0. The molecule has 462 valence electrons. The molecule has 5 heteroatoms. The number of fused-ring (bicyclic) bond motifs is 15. The Labute approximate surface area is 554 Å². The minimum absolute atomic E-state index is 0.0429. The van der Waals surface area contributed by atoms with E-state index < -0.39 is 5.41 Å². The highest BCUT2D eigenvalue weighted by Crippen LogP contribution is 2.64. The number of ether oxygens (including phenoxy) is 1. The van der Waals surface area contributed by atoms with Crippen molar-refractivity contribution < 1.29 is 4.74 Å². The lowest BCUT2D eigenvalue weighted by Crippen LogP contribution is -2.25. The number of nitrogens with zero attached hydrogens (tertiary/aromatic N) is 4. The van der Waals surface area contributed by atoms with E-state index in [2.05, 4.69) is 352 Å². The minimum Gasteiger partial charge on any atom is -0.457 e. The van der Waals surface area contributed by atoms with Crippen molar-refractivity contribution in [2.24, 2.45) is 0 Å². The molecule has 0 radical (unpaired) electrons. The summed E-state index contributed by atoms with van der Waals surface area (Å²) in [5.74, 6) is 2.35. The fraction of sp³-hybridized carbons (Fsp3) is 0.202. The van der Waals surface area contributed by atoms with Gasteiger partial charge in [0.1, 0.15) is 24.0 Å². The fourth-order valence-corrected chi connectivity index (χ4v) is 15.6. The molecule has 1 spiro atoms. The molecule has 0 amide bonds. The lowest BCUT2D eigenvalue weighted by atomic mass is 9.70. The SMILES string of the molecule is CC(C)(C)c1ccc(-c2cnc(-n3c4cc(Oc5cccc(N6CN(c7c(-c8ccccc8)cccc7-c7cc(C(C)(C)C)cc(C(C)(C)C)c7)c7ccccc76)c5)ccc4c4c5c(ccc43)C3(c4ccccc4-c4ccccc43)c3ccccc3-5)cc2C(C)(C)C)cc1. The number of rotatable bonds is 8. The first-order valence-electron chi connectivity index (χ1n) is 33.4. The van der Waals surface area contributed by atoms with E-state index in [1.54, 1.807) is 0 Å². The van der Waals surface area contributed by atoms with E-state index in [-0.39, 0.29) is 21.7 Å². The Bertz CT molecular complexity index is 5110. The summed E-state index contributed by atoms with van der Waals surface area (Å²) in [5.41, 5.74) is 28.6. The van der Waals surface area contributed by atoms with Crippen molar-refractivity contribution in [1.82, 2.24) is 9.55 Å². The van der Waals surface area contributed by atoms with E-state index in [1.165, 1.54) is 100 Å². The van der Waals surface area contributed by atoms with Crippen molar-refractivity contribution in [3.63, 3.8) is 0 Å². The van der Waals surface area contributed by atoms with Gasteiger partial charge in [-0.05, 0) is 154 Å². The predicted molar refractivity (Wildman–Crippen MR) is 395 cm³/mol. The molecule has 13 aromatic rings. The van der Waals surface area contributed by atoms with Crippen molar-refractivity contribution in [2.75, 3.05) is 16.5 Å². The van der Waals surface area contributed by atoms with E-state index in [4.69, 9.17) is 9.72 Å². The van der Waals surface area contributed by atoms with E-state index in [0.717, 1.165) is 61.9 Å². The zero-order valence-corrected chi connectivity index (χ0v) is 56.2. The number of hydrogen-bond donors (Lipinski definition) is 0. The number of para-hydroxylation sites is 3. The fourth-order valence-electron chi connectivity index (χ4n) is 15.6. The summed E-state index contributed by atoms with van der Waals surface area (Å²) in [7, 11) is 0. The second-order valence-electron chi connectivity index (χ2n) is 30.4. The summed E-state index contributed by atoms with van der Waals surface area (Å²) < 4.78 is 9.63. The Kier molecular flexibility index (Phi) is 13.4. The monoisotopic (exact) mass is 1220 g/mol. The van der Waals surface area contributed by atoms with Crippen molar-refractivity contribution in [3.05, 3.63) is 299 Å². The third kappa shape index (κ3) is 9.36. The molecule has 1 aliphatic heterocycles. The number of benzene rings is 11. The average molecular weight is 1220 g/mol. The molecular weight excluding hydrogens is 1140 g/mol. The van der Waals surface area contributed by atoms with Gasteiger partial charge >= 0.3 is 0 Å². The molecule has 0 N–H and O–H groups in total. The molecule has 0 saturated heterocycles. The second kappa shape index (κ2) is 21.4. The van der Waals surface area contributed by atoms with Crippen LogP contribution in [-0.4, -0.2) is 16.2 Å². The topological polar surface area (TPSA) is 33.5 Å². The summed E-state index contributed by atoms with van der Waals surface area (Å²) >= 11 is 0. The Morgan fingerprint density at radius 2 is 0.915 bits per heavy atom. The number of pyridine rings is 1. The smallest absolute Gasteiger partial charge is 0.137 e. The van der Waals surface area contributed by atoms with Gasteiger partial charge in [0.25, 0.3) is 0 Å². The Balaban J connectivity index is 0.844. The van der Waals surface area contributed by atoms with Gasteiger partial charge in [-0.15, -0.1) is 0 Å². The molecule has 0 fully saturated rings. The van der Waals surface area contributed by atoms with Gasteiger partial charge in [-0.1, -0.05) is 271 Å². The number of hydrogen-bond acceptors (Lipinski definition) is 4. The number of anilines is 4. The summed E-state index contributed by atoms with van der Waals surface area (Å²) in [6, 6.07) is 92.8. The molecule has 0 saturated carbocycles. The van der Waals surface area contributed by atoms with Gasteiger partial charge in [-0.25, -0.2) is 4.98 Å². The van der Waals surface area contributed by atoms with Gasteiger partial charge in [-0.2, -0.15) is 0 Å². The highest BCUT2D eigenvalue weighted by atomic mass is 16.5. The summed E-state index contributed by atoms with van der Waals surface area (Å²) in [4.78, 5) is 10.5. The average Bonchev–Trinajstić information content (AvgIpc) is 1.50. The first-order valence-corrected chi connectivity index (χ1v) is 33.4. The van der Waals surface area contributed by atoms with Gasteiger partial charge in [0.05, 0.1) is 33.5 Å². The summed E-state index contributed by atoms with van der Waals surface area (Å²) in [6.07, 6.45) is 2.11. The van der Waals surface area contributed by atoms with Crippen LogP contribution in [0.2, 0.25) is 0 Å². The molecule has 94 heavy (non-hydrogen) atoms. The van der Waals surface area contributed by atoms with Gasteiger partial charge in [-0.3, -0.25) is 4.57 Å². The van der Waals surface area contributed by atoms with Crippen LogP contribution in [0, 0.1) is 0 Å². The molecule has 0 bridgehead atoms. The second-order valence-corrected chi connectivity index (χ2v) is 30.4. The highest BCUT2D eigenvalue weighted by molar-refractivity contribution is 6.19. The van der Waals surface area contributed by atoms with E-state index in [0.29, 0.717) is 6.67 Å². The molecule has 11 aromatic carbocycles. The minimum atomic E-state index is -0.494. The maximum absolute atomic E-state index is 7.22. The largest absolute Gasteiger partial charge is 0.457 e. The van der Waals surface area contributed by atoms with Crippen LogP contribution < -0.4 is 14.5 Å². The van der Waals surface area contributed by atoms with Crippen LogP contribution in [0.25, 0.3) is 83.3 Å². The molecule has 16 rings (SSSR count). The summed E-state index contributed by atoms with van der Waals surface area (Å²) in [5, 5.41) is 2.35. The van der Waals surface area contributed by atoms with Gasteiger partial charge in [0, 0.05) is 51.5 Å². The molecule has 3 heterocycles. The van der Waals surface area contributed by atoms with Crippen LogP contribution in [0.3, 0.4) is 0 Å². The van der Waals surface area contributed by atoms with Gasteiger partial charge < -0.3 is 14.5 Å². The van der Waals surface area contributed by atoms with Crippen LogP contribution in [0.4, 0.5) is 22.7 Å². The van der Waals surface area contributed by atoms with Crippen molar-refractivity contribution in [2.45, 2.75) is 110 Å². The zero-order valence-electron chi connectivity index (χ0n) is 56.2. The number of aromatic nitrogens is 2. The molecule has 2 aliphatic carbocycles. The van der Waals surface area contributed by atoms with Crippen LogP contribution in [0.15, 0.2) is 255 Å². The van der Waals surface area contributed by atoms with Crippen LogP contribution in [0.1, 0.15) is 128 Å². The maximum atomic E-state index is 7.22. The first-order chi connectivity index (χ1) is 45.1. The molecule has 5 nitrogen and oxygen atoms in total. The van der Waals surface area contributed by atoms with Crippen LogP contribution in [0.5, 0.6) is 11.5 Å².